The number of nitrogens with zero attached hydrogens (tertiary/aromatic N) is 2. The second kappa shape index (κ2) is 4.76. The molecular weight excluding hydrogens is 238 g/mol. The van der Waals surface area contributed by atoms with Gasteiger partial charge in [0.2, 0.25) is 10.0 Å². The van der Waals surface area contributed by atoms with Crippen molar-refractivity contribution in [3.05, 3.63) is 17.5 Å². The average molecular weight is 250 g/mol. The molecule has 1 N–H and O–H groups in total. The van der Waals surface area contributed by atoms with E-state index in [1.165, 1.54) is 12.4 Å². The molecule has 0 aliphatic carbocycles. The first kappa shape index (κ1) is 12.2. The molecule has 0 aliphatic heterocycles. The molecule has 84 valence electrons. The first-order valence-electron chi connectivity index (χ1n) is 4.38. The number of halogens is 1. The summed E-state index contributed by atoms with van der Waals surface area (Å²) >= 11 is 5.67. The zero-order valence-electron chi connectivity index (χ0n) is 8.44. The van der Waals surface area contributed by atoms with Gasteiger partial charge in [-0.05, 0) is 5.92 Å². The third-order valence-corrected chi connectivity index (χ3v) is 3.34. The van der Waals surface area contributed by atoms with E-state index < -0.39 is 10.0 Å². The van der Waals surface area contributed by atoms with Crippen LogP contribution < -0.4 is 4.72 Å². The summed E-state index contributed by atoms with van der Waals surface area (Å²) in [5.41, 5.74) is 0. The monoisotopic (exact) mass is 249 g/mol. The van der Waals surface area contributed by atoms with Crippen LogP contribution >= 0.6 is 11.6 Å². The number of aromatic nitrogens is 2. The van der Waals surface area contributed by atoms with Crippen molar-refractivity contribution >= 4 is 27.4 Å². The van der Waals surface area contributed by atoms with Crippen molar-refractivity contribution in [1.29, 1.82) is 0 Å². The average Bonchev–Trinajstić information content (AvgIpc) is 2.06. The first-order chi connectivity index (χ1) is 6.91. The SMILES string of the molecule is CC(C)CS(=O)(=O)Nc1nccnc1Cl. The fourth-order valence-electron chi connectivity index (χ4n) is 1.02. The van der Waals surface area contributed by atoms with Gasteiger partial charge in [0.1, 0.15) is 0 Å². The maximum absolute atomic E-state index is 11.5. The fraction of sp³-hybridized carbons (Fsp3) is 0.500. The highest BCUT2D eigenvalue weighted by atomic mass is 35.5. The Morgan fingerprint density at radius 1 is 1.40 bits per heavy atom. The summed E-state index contributed by atoms with van der Waals surface area (Å²) in [6, 6.07) is 0. The van der Waals surface area contributed by atoms with Gasteiger partial charge in [-0.15, -0.1) is 0 Å². The number of sulfonamides is 1. The lowest BCUT2D eigenvalue weighted by Crippen LogP contribution is -2.21. The van der Waals surface area contributed by atoms with Gasteiger partial charge >= 0.3 is 0 Å². The number of rotatable bonds is 4. The van der Waals surface area contributed by atoms with E-state index in [2.05, 4.69) is 14.7 Å². The Labute approximate surface area is 93.9 Å². The normalized spacial score (nSPS) is 11.7. The lowest BCUT2D eigenvalue weighted by atomic mass is 10.3. The minimum Gasteiger partial charge on any atom is -0.265 e. The minimum atomic E-state index is -3.39. The predicted molar refractivity (Wildman–Crippen MR) is 59.3 cm³/mol. The number of nitrogens with one attached hydrogen (secondary N) is 1. The summed E-state index contributed by atoms with van der Waals surface area (Å²) in [5.74, 6) is 0.137. The van der Waals surface area contributed by atoms with Gasteiger partial charge in [-0.25, -0.2) is 18.4 Å². The summed E-state index contributed by atoms with van der Waals surface area (Å²) in [7, 11) is -3.39. The van der Waals surface area contributed by atoms with Crippen LogP contribution in [0.25, 0.3) is 0 Å². The van der Waals surface area contributed by atoms with Crippen molar-refractivity contribution in [2.75, 3.05) is 10.5 Å². The number of anilines is 1. The van der Waals surface area contributed by atoms with Crippen LogP contribution in [0, 0.1) is 5.92 Å². The molecule has 0 aliphatic rings. The summed E-state index contributed by atoms with van der Waals surface area (Å²) in [4.78, 5) is 7.50. The van der Waals surface area contributed by atoms with Crippen LogP contribution in [0.2, 0.25) is 5.15 Å². The molecule has 0 amide bonds. The third kappa shape index (κ3) is 4.01. The molecule has 0 atom stereocenters. The van der Waals surface area contributed by atoms with Gasteiger partial charge in [0.25, 0.3) is 0 Å². The van der Waals surface area contributed by atoms with Crippen LogP contribution in [0.1, 0.15) is 13.8 Å². The molecule has 0 saturated heterocycles. The Morgan fingerprint density at radius 3 is 2.53 bits per heavy atom. The van der Waals surface area contributed by atoms with Crippen molar-refractivity contribution in [2.45, 2.75) is 13.8 Å². The molecule has 0 bridgehead atoms. The van der Waals surface area contributed by atoms with E-state index in [0.717, 1.165) is 0 Å². The maximum Gasteiger partial charge on any atom is 0.234 e. The minimum absolute atomic E-state index is 0.0277. The van der Waals surface area contributed by atoms with Gasteiger partial charge in [-0.1, -0.05) is 25.4 Å². The second-order valence-electron chi connectivity index (χ2n) is 3.47. The molecule has 1 aromatic heterocycles. The molecule has 5 nitrogen and oxygen atoms in total. The van der Waals surface area contributed by atoms with Gasteiger partial charge < -0.3 is 0 Å². The molecule has 15 heavy (non-hydrogen) atoms. The third-order valence-electron chi connectivity index (χ3n) is 1.46. The Bertz CT molecular complexity index is 433. The topological polar surface area (TPSA) is 72.0 Å². The van der Waals surface area contributed by atoms with Crippen LogP contribution in [0.3, 0.4) is 0 Å². The van der Waals surface area contributed by atoms with E-state index in [1.807, 2.05) is 13.8 Å². The molecule has 1 rings (SSSR count). The van der Waals surface area contributed by atoms with E-state index in [9.17, 15) is 8.42 Å². The van der Waals surface area contributed by atoms with Crippen molar-refractivity contribution in [3.8, 4) is 0 Å². The van der Waals surface area contributed by atoms with Crippen molar-refractivity contribution in [2.24, 2.45) is 5.92 Å². The standard InChI is InChI=1S/C8H12ClN3O2S/c1-6(2)5-15(13,14)12-8-7(9)10-3-4-11-8/h3-4,6H,5H2,1-2H3,(H,11,12). The Hall–Kier alpha value is -0.880. The van der Waals surface area contributed by atoms with Gasteiger partial charge in [-0.2, -0.15) is 0 Å². The Morgan fingerprint density at radius 2 is 2.00 bits per heavy atom. The van der Waals surface area contributed by atoms with Gasteiger partial charge in [0.05, 0.1) is 5.75 Å². The Kier molecular flexibility index (Phi) is 3.87. The van der Waals surface area contributed by atoms with Crippen LogP contribution in [-0.2, 0) is 10.0 Å². The van der Waals surface area contributed by atoms with Gasteiger partial charge in [-0.3, -0.25) is 4.72 Å². The molecule has 1 heterocycles. The number of hydrogen-bond donors (Lipinski definition) is 1. The summed E-state index contributed by atoms with van der Waals surface area (Å²) in [6.45, 7) is 3.63. The summed E-state index contributed by atoms with van der Waals surface area (Å²) < 4.78 is 25.3. The lowest BCUT2D eigenvalue weighted by molar-refractivity contribution is 0.587. The van der Waals surface area contributed by atoms with E-state index in [1.54, 1.807) is 0 Å². The number of hydrogen-bond acceptors (Lipinski definition) is 4. The fourth-order valence-corrected chi connectivity index (χ4v) is 2.63. The van der Waals surface area contributed by atoms with Crippen LogP contribution in [0.4, 0.5) is 5.82 Å². The molecule has 1 aromatic rings. The molecule has 0 fully saturated rings. The zero-order chi connectivity index (χ0) is 11.5. The molecule has 0 unspecified atom stereocenters. The molecule has 0 radical (unpaired) electrons. The molecular formula is C8H12ClN3O2S. The molecule has 0 spiro atoms. The molecule has 7 heteroatoms. The van der Waals surface area contributed by atoms with E-state index in [0.29, 0.717) is 0 Å². The quantitative estimate of drug-likeness (QED) is 0.878. The van der Waals surface area contributed by atoms with Crippen molar-refractivity contribution < 1.29 is 8.42 Å². The van der Waals surface area contributed by atoms with Crippen LogP contribution in [-0.4, -0.2) is 24.1 Å². The first-order valence-corrected chi connectivity index (χ1v) is 6.41. The molecule has 0 saturated carbocycles. The predicted octanol–water partition coefficient (Wildman–Crippen LogP) is 1.53. The second-order valence-corrected chi connectivity index (χ2v) is 5.60. The van der Waals surface area contributed by atoms with Gasteiger partial charge in [0.15, 0.2) is 11.0 Å². The van der Waals surface area contributed by atoms with Crippen LogP contribution in [0.5, 0.6) is 0 Å². The maximum atomic E-state index is 11.5. The van der Waals surface area contributed by atoms with Crippen molar-refractivity contribution in [1.82, 2.24) is 9.97 Å². The summed E-state index contributed by atoms with van der Waals surface area (Å²) in [6.07, 6.45) is 2.77. The Balaban J connectivity index is 2.83. The highest BCUT2D eigenvalue weighted by Gasteiger charge is 2.15. The summed E-state index contributed by atoms with van der Waals surface area (Å²) in [5, 5.41) is 0.0461. The van der Waals surface area contributed by atoms with E-state index in [4.69, 9.17) is 11.6 Å². The molecule has 0 aromatic carbocycles. The lowest BCUT2D eigenvalue weighted by Gasteiger charge is -2.09. The highest BCUT2D eigenvalue weighted by molar-refractivity contribution is 7.92. The smallest absolute Gasteiger partial charge is 0.234 e. The van der Waals surface area contributed by atoms with Gasteiger partial charge in [0, 0.05) is 12.4 Å². The van der Waals surface area contributed by atoms with E-state index >= 15 is 0 Å². The van der Waals surface area contributed by atoms with Crippen molar-refractivity contribution in [3.63, 3.8) is 0 Å². The highest BCUT2D eigenvalue weighted by Crippen LogP contribution is 2.16. The zero-order valence-corrected chi connectivity index (χ0v) is 10.0. The van der Waals surface area contributed by atoms with E-state index in [-0.39, 0.29) is 22.6 Å². The largest absolute Gasteiger partial charge is 0.265 e. The van der Waals surface area contributed by atoms with Crippen LogP contribution in [0.15, 0.2) is 12.4 Å².